The van der Waals surface area contributed by atoms with Crippen molar-refractivity contribution in [1.82, 2.24) is 0 Å². The number of thiophene rings is 1. The highest BCUT2D eigenvalue weighted by atomic mass is 32.1. The van der Waals surface area contributed by atoms with Gasteiger partial charge in [-0.1, -0.05) is 52.0 Å². The van der Waals surface area contributed by atoms with E-state index in [1.807, 2.05) is 36.4 Å². The van der Waals surface area contributed by atoms with Crippen LogP contribution < -0.4 is 10.5 Å². The van der Waals surface area contributed by atoms with E-state index in [0.717, 1.165) is 52.9 Å². The molecule has 6 nitrogen and oxygen atoms in total. The minimum absolute atomic E-state index is 0.0351. The minimum Gasteiger partial charge on any atom is -0.477 e. The van der Waals surface area contributed by atoms with Gasteiger partial charge in [0, 0.05) is 39.5 Å². The second kappa shape index (κ2) is 9.21. The molecule has 0 spiro atoms. The van der Waals surface area contributed by atoms with E-state index in [4.69, 9.17) is 14.8 Å². The number of carbonyl (C=O) groups is 1. The van der Waals surface area contributed by atoms with Crippen molar-refractivity contribution in [2.75, 3.05) is 18.0 Å². The lowest BCUT2D eigenvalue weighted by atomic mass is 9.69. The molecule has 2 aliphatic heterocycles. The van der Waals surface area contributed by atoms with Gasteiger partial charge in [-0.15, -0.1) is 11.3 Å². The van der Waals surface area contributed by atoms with Crippen molar-refractivity contribution < 1.29 is 14.3 Å². The molecule has 0 saturated carbocycles. The minimum atomic E-state index is -1.25. The maximum atomic E-state index is 13.4. The van der Waals surface area contributed by atoms with Crippen molar-refractivity contribution in [2.24, 2.45) is 0 Å². The van der Waals surface area contributed by atoms with Crippen LogP contribution in [-0.2, 0) is 15.6 Å². The number of carboxylic acid groups (broad SMARTS) is 1. The van der Waals surface area contributed by atoms with E-state index in [1.165, 1.54) is 28.7 Å². The molecule has 6 rings (SSSR count). The van der Waals surface area contributed by atoms with Crippen molar-refractivity contribution in [1.29, 1.82) is 5.26 Å². The molecule has 0 unspecified atom stereocenters. The van der Waals surface area contributed by atoms with Crippen molar-refractivity contribution in [3.63, 3.8) is 0 Å². The molecule has 0 amide bonds. The Hall–Kier alpha value is -4.15. The molecule has 4 heterocycles. The van der Waals surface area contributed by atoms with E-state index in [-0.39, 0.29) is 22.0 Å². The van der Waals surface area contributed by atoms with Crippen molar-refractivity contribution in [2.45, 2.75) is 51.4 Å². The maximum absolute atomic E-state index is 13.4. The van der Waals surface area contributed by atoms with Gasteiger partial charge >= 0.3 is 11.6 Å². The average molecular weight is 551 g/mol. The zero-order valence-electron chi connectivity index (χ0n) is 23.0. The van der Waals surface area contributed by atoms with Crippen LogP contribution in [0.25, 0.3) is 38.6 Å². The number of hydrogen-bond donors (Lipinski definition) is 1. The van der Waals surface area contributed by atoms with Crippen LogP contribution in [-0.4, -0.2) is 24.2 Å². The van der Waals surface area contributed by atoms with Gasteiger partial charge in [0.2, 0.25) is 0 Å². The van der Waals surface area contributed by atoms with E-state index >= 15 is 0 Å². The molecule has 0 aliphatic carbocycles. The van der Waals surface area contributed by atoms with Gasteiger partial charge in [0.15, 0.2) is 0 Å². The van der Waals surface area contributed by atoms with Gasteiger partial charge in [-0.25, -0.2) is 9.59 Å². The molecule has 4 aromatic rings. The quantitative estimate of drug-likeness (QED) is 0.162. The zero-order valence-corrected chi connectivity index (χ0v) is 23.8. The summed E-state index contributed by atoms with van der Waals surface area (Å²) < 4.78 is 6.15. The number of nitrogens with zero attached hydrogens (tertiary/aromatic N) is 2. The third-order valence-electron chi connectivity index (χ3n) is 8.48. The second-order valence-electron chi connectivity index (χ2n) is 12.0. The standard InChI is InChI=1S/C33H30N2O4S/c1-32(2)11-13-35-14-12-33(3,4)27-28(35)25(32)17-21-16-24(31(38)39-29(21)27)19-5-7-20(8-6-19)26-10-9-23(40-26)15-22(18-34)30(36)37/h5-10,15-17H,11-14H2,1-4H3,(H,36,37). The van der Waals surface area contributed by atoms with Crippen LogP contribution in [0.2, 0.25) is 0 Å². The van der Waals surface area contributed by atoms with E-state index in [2.05, 4.69) is 38.7 Å². The summed E-state index contributed by atoms with van der Waals surface area (Å²) in [5.74, 6) is -1.25. The van der Waals surface area contributed by atoms with E-state index in [0.29, 0.717) is 16.0 Å². The summed E-state index contributed by atoms with van der Waals surface area (Å²) in [4.78, 5) is 28.6. The first-order chi connectivity index (χ1) is 19.0. The molecule has 2 aromatic carbocycles. The summed E-state index contributed by atoms with van der Waals surface area (Å²) in [6, 6.07) is 17.3. The lowest BCUT2D eigenvalue weighted by Crippen LogP contribution is -2.44. The molecule has 2 aliphatic rings. The third-order valence-corrected chi connectivity index (χ3v) is 9.56. The summed E-state index contributed by atoms with van der Waals surface area (Å²) >= 11 is 1.40. The maximum Gasteiger partial charge on any atom is 0.346 e. The molecule has 0 bridgehead atoms. The van der Waals surface area contributed by atoms with Crippen molar-refractivity contribution in [3.05, 3.63) is 80.5 Å². The van der Waals surface area contributed by atoms with Crippen LogP contribution in [0.4, 0.5) is 5.69 Å². The van der Waals surface area contributed by atoms with E-state index in [9.17, 15) is 9.59 Å². The fourth-order valence-electron chi connectivity index (χ4n) is 6.04. The van der Waals surface area contributed by atoms with Crippen LogP contribution in [0.3, 0.4) is 0 Å². The van der Waals surface area contributed by atoms with Gasteiger partial charge < -0.3 is 14.4 Å². The Morgan fingerprint density at radius 1 is 1.02 bits per heavy atom. The summed E-state index contributed by atoms with van der Waals surface area (Å²) in [7, 11) is 0. The van der Waals surface area contributed by atoms with Crippen LogP contribution in [0.15, 0.2) is 63.3 Å². The lowest BCUT2D eigenvalue weighted by molar-refractivity contribution is -0.132. The number of carboxylic acids is 1. The molecular formula is C33H30N2O4S. The monoisotopic (exact) mass is 550 g/mol. The molecular weight excluding hydrogens is 520 g/mol. The Labute approximate surface area is 236 Å². The van der Waals surface area contributed by atoms with E-state index < -0.39 is 5.97 Å². The Kier molecular flexibility index (Phi) is 6.01. The number of aliphatic carboxylic acids is 1. The van der Waals surface area contributed by atoms with E-state index in [1.54, 1.807) is 12.1 Å². The summed E-state index contributed by atoms with van der Waals surface area (Å²) in [5, 5.41) is 19.1. The second-order valence-corrected chi connectivity index (χ2v) is 13.1. The highest BCUT2D eigenvalue weighted by Crippen LogP contribution is 2.51. The molecule has 0 radical (unpaired) electrons. The Balaban J connectivity index is 1.42. The van der Waals surface area contributed by atoms with Gasteiger partial charge in [0.25, 0.3) is 0 Å². The van der Waals surface area contributed by atoms with Crippen molar-refractivity contribution in [3.8, 4) is 27.6 Å². The molecule has 2 aromatic heterocycles. The summed E-state index contributed by atoms with van der Waals surface area (Å²) in [6.07, 6.45) is 3.48. The fraction of sp³-hybridized carbons (Fsp3) is 0.303. The summed E-state index contributed by atoms with van der Waals surface area (Å²) in [6.45, 7) is 11.2. The first-order valence-electron chi connectivity index (χ1n) is 13.4. The van der Waals surface area contributed by atoms with Gasteiger partial charge in [0.05, 0.1) is 5.56 Å². The number of rotatable bonds is 4. The Morgan fingerprint density at radius 3 is 2.38 bits per heavy atom. The molecule has 7 heteroatoms. The third kappa shape index (κ3) is 4.24. The average Bonchev–Trinajstić information content (AvgIpc) is 3.38. The van der Waals surface area contributed by atoms with Gasteiger partial charge in [-0.3, -0.25) is 0 Å². The molecule has 202 valence electrons. The highest BCUT2D eigenvalue weighted by Gasteiger charge is 2.42. The smallest absolute Gasteiger partial charge is 0.346 e. The van der Waals surface area contributed by atoms with Crippen LogP contribution in [0, 0.1) is 11.3 Å². The first kappa shape index (κ1) is 26.1. The number of fused-ring (bicyclic) bond motifs is 2. The number of anilines is 1. The number of benzene rings is 2. The normalized spacial score (nSPS) is 17.4. The predicted octanol–water partition coefficient (Wildman–Crippen LogP) is 7.35. The largest absolute Gasteiger partial charge is 0.477 e. The van der Waals surface area contributed by atoms with Crippen molar-refractivity contribution >= 4 is 40.0 Å². The van der Waals surface area contributed by atoms with Crippen LogP contribution >= 0.6 is 11.3 Å². The van der Waals surface area contributed by atoms with Crippen LogP contribution in [0.1, 0.15) is 56.5 Å². The topological polar surface area (TPSA) is 94.5 Å². The zero-order chi connectivity index (χ0) is 28.4. The molecule has 0 fully saturated rings. The molecule has 0 atom stereocenters. The molecule has 40 heavy (non-hydrogen) atoms. The van der Waals surface area contributed by atoms with Crippen LogP contribution in [0.5, 0.6) is 0 Å². The number of nitriles is 1. The molecule has 0 saturated heterocycles. The van der Waals surface area contributed by atoms with Gasteiger partial charge in [-0.2, -0.15) is 5.26 Å². The predicted molar refractivity (Wildman–Crippen MR) is 160 cm³/mol. The van der Waals surface area contributed by atoms with Gasteiger partial charge in [0.1, 0.15) is 17.2 Å². The Bertz CT molecular complexity index is 1810. The highest BCUT2D eigenvalue weighted by molar-refractivity contribution is 7.16. The molecule has 1 N–H and O–H groups in total. The Morgan fingerprint density at radius 2 is 1.70 bits per heavy atom. The first-order valence-corrected chi connectivity index (χ1v) is 14.3. The lowest BCUT2D eigenvalue weighted by Gasteiger charge is -2.48. The fourth-order valence-corrected chi connectivity index (χ4v) is 6.99. The number of hydrogen-bond acceptors (Lipinski definition) is 6. The SMILES string of the molecule is CC1(C)CCN2CCC(C)(C)c3c2c1cc1cc(-c2ccc(-c4ccc(C=C(C#N)C(=O)O)s4)cc2)c(=O)oc31. The van der Waals surface area contributed by atoms with Gasteiger partial charge in [-0.05, 0) is 70.7 Å². The summed E-state index contributed by atoms with van der Waals surface area (Å²) in [5.41, 5.74) is 5.98.